The summed E-state index contributed by atoms with van der Waals surface area (Å²) in [6.07, 6.45) is -0.229. The number of phenolic OH excluding ortho intramolecular Hbond substituents is 1. The highest BCUT2D eigenvalue weighted by atomic mass is 16.4. The average molecular weight is 567 g/mol. The van der Waals surface area contributed by atoms with Gasteiger partial charge in [0.25, 0.3) is 0 Å². The third-order valence-electron chi connectivity index (χ3n) is 5.89. The molecule has 15 heteroatoms. The first-order valence-corrected chi connectivity index (χ1v) is 12.7. The van der Waals surface area contributed by atoms with Gasteiger partial charge < -0.3 is 48.5 Å². The van der Waals surface area contributed by atoms with Crippen molar-refractivity contribution in [3.8, 4) is 5.75 Å². The SMILES string of the molecule is NCCCCC(NC(=O)C(CCC(=O)O)NC(=O)C(Cc1ccc(O)cc1)NC(=O)C(N)CCC(N)=O)C(=O)O. The van der Waals surface area contributed by atoms with Gasteiger partial charge in [0.15, 0.2) is 0 Å². The van der Waals surface area contributed by atoms with Gasteiger partial charge >= 0.3 is 11.9 Å². The summed E-state index contributed by atoms with van der Waals surface area (Å²) in [7, 11) is 0. The van der Waals surface area contributed by atoms with Crippen molar-refractivity contribution in [1.29, 1.82) is 0 Å². The summed E-state index contributed by atoms with van der Waals surface area (Å²) in [6.45, 7) is 0.331. The molecule has 40 heavy (non-hydrogen) atoms. The smallest absolute Gasteiger partial charge is 0.326 e. The van der Waals surface area contributed by atoms with E-state index in [1.165, 1.54) is 24.3 Å². The third-order valence-corrected chi connectivity index (χ3v) is 5.89. The summed E-state index contributed by atoms with van der Waals surface area (Å²) < 4.78 is 0. The molecule has 0 radical (unpaired) electrons. The Bertz CT molecular complexity index is 1030. The number of primary amides is 1. The number of rotatable bonds is 19. The molecule has 0 saturated carbocycles. The number of aromatic hydroxyl groups is 1. The molecule has 4 atom stereocenters. The van der Waals surface area contributed by atoms with Crippen molar-refractivity contribution in [3.63, 3.8) is 0 Å². The Kier molecular flexibility index (Phi) is 14.7. The van der Waals surface area contributed by atoms with Crippen LogP contribution in [0.4, 0.5) is 0 Å². The molecule has 1 rings (SSSR count). The Morgan fingerprint density at radius 2 is 1.32 bits per heavy atom. The Balaban J connectivity index is 3.13. The number of carbonyl (C=O) groups excluding carboxylic acids is 4. The maximum Gasteiger partial charge on any atom is 0.326 e. The molecule has 0 spiro atoms. The first kappa shape index (κ1) is 33.8. The summed E-state index contributed by atoms with van der Waals surface area (Å²) in [5.41, 5.74) is 16.8. The molecule has 0 bridgehead atoms. The van der Waals surface area contributed by atoms with Crippen molar-refractivity contribution >= 4 is 35.6 Å². The minimum absolute atomic E-state index is 0.0351. The van der Waals surface area contributed by atoms with Crippen molar-refractivity contribution < 1.29 is 44.1 Å². The van der Waals surface area contributed by atoms with E-state index in [1.807, 2.05) is 0 Å². The minimum Gasteiger partial charge on any atom is -0.508 e. The number of aliphatic carboxylic acids is 2. The maximum atomic E-state index is 13.3. The predicted octanol–water partition coefficient (Wildman–Crippen LogP) is -1.94. The van der Waals surface area contributed by atoms with Crippen molar-refractivity contribution in [2.45, 2.75) is 75.5 Å². The van der Waals surface area contributed by atoms with E-state index in [0.29, 0.717) is 24.9 Å². The van der Waals surface area contributed by atoms with Gasteiger partial charge in [0, 0.05) is 19.3 Å². The van der Waals surface area contributed by atoms with Crippen LogP contribution < -0.4 is 33.2 Å². The second-order valence-corrected chi connectivity index (χ2v) is 9.22. The molecule has 0 aliphatic rings. The van der Waals surface area contributed by atoms with E-state index in [2.05, 4.69) is 16.0 Å². The lowest BCUT2D eigenvalue weighted by Gasteiger charge is -2.25. The topological polar surface area (TPSA) is 277 Å². The number of carbonyl (C=O) groups is 6. The molecule has 0 heterocycles. The van der Waals surface area contributed by atoms with E-state index < -0.39 is 66.2 Å². The van der Waals surface area contributed by atoms with Crippen molar-refractivity contribution in [3.05, 3.63) is 29.8 Å². The number of hydrogen-bond acceptors (Lipinski definition) is 9. The van der Waals surface area contributed by atoms with Crippen LogP contribution >= 0.6 is 0 Å². The van der Waals surface area contributed by atoms with E-state index >= 15 is 0 Å². The second-order valence-electron chi connectivity index (χ2n) is 9.22. The van der Waals surface area contributed by atoms with Gasteiger partial charge in [0.05, 0.1) is 6.04 Å². The van der Waals surface area contributed by atoms with E-state index in [0.717, 1.165) is 0 Å². The molecule has 1 aromatic carbocycles. The van der Waals surface area contributed by atoms with Crippen molar-refractivity contribution in [2.75, 3.05) is 6.54 Å². The first-order chi connectivity index (χ1) is 18.8. The highest BCUT2D eigenvalue weighted by molar-refractivity contribution is 5.94. The average Bonchev–Trinajstić information content (AvgIpc) is 2.89. The molecular weight excluding hydrogens is 528 g/mol. The number of unbranched alkanes of at least 4 members (excludes halogenated alkanes) is 1. The Labute approximate surface area is 230 Å². The zero-order valence-corrected chi connectivity index (χ0v) is 22.0. The van der Waals surface area contributed by atoms with Crippen LogP contribution in [0.15, 0.2) is 24.3 Å². The zero-order valence-electron chi connectivity index (χ0n) is 22.0. The number of benzene rings is 1. The summed E-state index contributed by atoms with van der Waals surface area (Å²) in [5.74, 6) is -5.83. The molecule has 4 unspecified atom stereocenters. The van der Waals surface area contributed by atoms with Gasteiger partial charge in [0.2, 0.25) is 23.6 Å². The van der Waals surface area contributed by atoms with E-state index in [-0.39, 0.29) is 37.9 Å². The molecule has 1 aromatic rings. The quantitative estimate of drug-likeness (QED) is 0.0830. The number of hydrogen-bond donors (Lipinski definition) is 9. The Morgan fingerprint density at radius 3 is 1.88 bits per heavy atom. The summed E-state index contributed by atoms with van der Waals surface area (Å²) in [4.78, 5) is 72.7. The normalized spacial score (nSPS) is 13.8. The molecule has 0 fully saturated rings. The van der Waals surface area contributed by atoms with E-state index in [1.54, 1.807) is 0 Å². The Hall–Kier alpha value is -4.24. The number of amides is 4. The molecule has 0 aliphatic carbocycles. The number of carboxylic acid groups (broad SMARTS) is 2. The van der Waals surface area contributed by atoms with Gasteiger partial charge in [-0.2, -0.15) is 0 Å². The monoisotopic (exact) mass is 566 g/mol. The van der Waals surface area contributed by atoms with Crippen molar-refractivity contribution in [1.82, 2.24) is 16.0 Å². The molecule has 0 saturated heterocycles. The fraction of sp³-hybridized carbons (Fsp3) is 0.520. The van der Waals surface area contributed by atoms with Crippen LogP contribution in [0.1, 0.15) is 50.5 Å². The van der Waals surface area contributed by atoms with Gasteiger partial charge in [-0.1, -0.05) is 12.1 Å². The van der Waals surface area contributed by atoms with Crippen LogP contribution in [-0.4, -0.2) is 81.6 Å². The van der Waals surface area contributed by atoms with E-state index in [4.69, 9.17) is 22.3 Å². The van der Waals surface area contributed by atoms with Gasteiger partial charge in [-0.25, -0.2) is 4.79 Å². The number of nitrogens with one attached hydrogen (secondary N) is 3. The standard InChI is InChI=1S/C25H38N6O9/c26-12-2-1-3-18(25(39)40)30-23(37)17(9-11-21(34)35)29-24(38)19(13-14-4-6-15(32)7-5-14)31-22(36)16(27)8-10-20(28)33/h4-7,16-19,32H,1-3,8-13,26-27H2,(H2,28,33)(H,29,38)(H,30,37)(H,31,36)(H,34,35)(H,39,40). The summed E-state index contributed by atoms with van der Waals surface area (Å²) in [5, 5.41) is 35.3. The fourth-order valence-electron chi connectivity index (χ4n) is 3.62. The Morgan fingerprint density at radius 1 is 0.750 bits per heavy atom. The van der Waals surface area contributed by atoms with Gasteiger partial charge in [-0.05, 0) is 56.3 Å². The minimum atomic E-state index is -1.44. The van der Waals surface area contributed by atoms with Crippen LogP contribution in [0.25, 0.3) is 0 Å². The highest BCUT2D eigenvalue weighted by Crippen LogP contribution is 2.12. The zero-order chi connectivity index (χ0) is 30.2. The fourth-order valence-corrected chi connectivity index (χ4v) is 3.62. The lowest BCUT2D eigenvalue weighted by Crippen LogP contribution is -2.57. The number of carboxylic acids is 2. The van der Waals surface area contributed by atoms with Crippen LogP contribution in [0.3, 0.4) is 0 Å². The molecule has 0 aliphatic heterocycles. The molecule has 222 valence electrons. The van der Waals surface area contributed by atoms with Gasteiger partial charge in [-0.15, -0.1) is 0 Å². The largest absolute Gasteiger partial charge is 0.508 e. The maximum absolute atomic E-state index is 13.3. The van der Waals surface area contributed by atoms with Gasteiger partial charge in [-0.3, -0.25) is 24.0 Å². The number of phenols is 1. The van der Waals surface area contributed by atoms with Crippen LogP contribution in [0.5, 0.6) is 5.75 Å². The number of nitrogens with two attached hydrogens (primary N) is 3. The molecule has 0 aromatic heterocycles. The van der Waals surface area contributed by atoms with E-state index in [9.17, 15) is 39.0 Å². The predicted molar refractivity (Wildman–Crippen MR) is 141 cm³/mol. The summed E-state index contributed by atoms with van der Waals surface area (Å²) in [6, 6.07) is 0.511. The molecule has 12 N–H and O–H groups in total. The molecular formula is C25H38N6O9. The molecule has 4 amide bonds. The third kappa shape index (κ3) is 13.0. The summed E-state index contributed by atoms with van der Waals surface area (Å²) >= 11 is 0. The van der Waals surface area contributed by atoms with Crippen LogP contribution in [0, 0.1) is 0 Å². The highest BCUT2D eigenvalue weighted by Gasteiger charge is 2.31. The van der Waals surface area contributed by atoms with Crippen molar-refractivity contribution in [2.24, 2.45) is 17.2 Å². The lowest BCUT2D eigenvalue weighted by atomic mass is 10.0. The second kappa shape index (κ2) is 17.4. The molecule has 15 nitrogen and oxygen atoms in total. The van der Waals surface area contributed by atoms with Crippen LogP contribution in [0.2, 0.25) is 0 Å². The lowest BCUT2D eigenvalue weighted by molar-refractivity contribution is -0.143. The van der Waals surface area contributed by atoms with Crippen LogP contribution in [-0.2, 0) is 35.2 Å². The van der Waals surface area contributed by atoms with Gasteiger partial charge in [0.1, 0.15) is 23.9 Å². The first-order valence-electron chi connectivity index (χ1n) is 12.7.